The smallest absolute Gasteiger partial charge is 0.412 e. The van der Waals surface area contributed by atoms with Gasteiger partial charge in [0.25, 0.3) is 0 Å². The Hall–Kier alpha value is -2.32. The zero-order valence-electron chi connectivity index (χ0n) is 19.9. The summed E-state index contributed by atoms with van der Waals surface area (Å²) in [7, 11) is 6.05. The van der Waals surface area contributed by atoms with Crippen LogP contribution in [0.2, 0.25) is 0 Å². The summed E-state index contributed by atoms with van der Waals surface area (Å²) in [5.41, 5.74) is 1.47. The van der Waals surface area contributed by atoms with Gasteiger partial charge in [-0.3, -0.25) is 10.3 Å². The zero-order chi connectivity index (χ0) is 22.9. The molecule has 3 N–H and O–H groups in total. The third-order valence-electron chi connectivity index (χ3n) is 5.49. The number of anilines is 1. The largest absolute Gasteiger partial charge is 0.444 e. The predicted octanol–water partition coefficient (Wildman–Crippen LogP) is 2.85. The summed E-state index contributed by atoms with van der Waals surface area (Å²) in [4.78, 5) is 18.5. The minimum absolute atomic E-state index is 0.0901. The van der Waals surface area contributed by atoms with Gasteiger partial charge in [-0.05, 0) is 71.8 Å². The molecule has 1 aromatic rings. The molecule has 0 saturated carbocycles. The molecule has 1 saturated heterocycles. The van der Waals surface area contributed by atoms with Gasteiger partial charge in [-0.25, -0.2) is 4.79 Å². The highest BCUT2D eigenvalue weighted by Gasteiger charge is 2.34. The molecule has 0 radical (unpaired) electrons. The molecule has 1 heterocycles. The van der Waals surface area contributed by atoms with Crippen LogP contribution in [0, 0.1) is 0 Å². The van der Waals surface area contributed by atoms with Crippen LogP contribution in [-0.2, 0) is 15.9 Å². The quantitative estimate of drug-likeness (QED) is 0.453. The van der Waals surface area contributed by atoms with Crippen molar-refractivity contribution in [3.05, 3.63) is 29.8 Å². The summed E-state index contributed by atoms with van der Waals surface area (Å²) in [5, 5.41) is 9.61. The van der Waals surface area contributed by atoms with E-state index in [0.717, 1.165) is 51.5 Å². The number of guanidine groups is 1. The molecular weight excluding hydrogens is 394 g/mol. The van der Waals surface area contributed by atoms with Crippen LogP contribution in [0.5, 0.6) is 0 Å². The first-order valence-corrected chi connectivity index (χ1v) is 10.9. The number of rotatable bonds is 7. The van der Waals surface area contributed by atoms with E-state index in [1.54, 1.807) is 7.05 Å². The predicted molar refractivity (Wildman–Crippen MR) is 126 cm³/mol. The lowest BCUT2D eigenvalue weighted by Gasteiger charge is -2.43. The van der Waals surface area contributed by atoms with Crippen molar-refractivity contribution < 1.29 is 14.3 Å². The number of carbonyl (C=O) groups is 1. The Kier molecular flexibility index (Phi) is 9.13. The fourth-order valence-corrected chi connectivity index (χ4v) is 3.50. The highest BCUT2D eigenvalue weighted by molar-refractivity contribution is 5.84. The van der Waals surface area contributed by atoms with Gasteiger partial charge in [0.05, 0.1) is 0 Å². The Balaban J connectivity index is 1.77. The van der Waals surface area contributed by atoms with Crippen molar-refractivity contribution >= 4 is 17.7 Å². The zero-order valence-corrected chi connectivity index (χ0v) is 19.9. The average Bonchev–Trinajstić information content (AvgIpc) is 2.71. The minimum Gasteiger partial charge on any atom is -0.444 e. The normalized spacial score (nSPS) is 16.7. The van der Waals surface area contributed by atoms with Crippen molar-refractivity contribution in [1.29, 1.82) is 0 Å². The summed E-state index contributed by atoms with van der Waals surface area (Å²) >= 11 is 0. The van der Waals surface area contributed by atoms with E-state index >= 15 is 0 Å². The van der Waals surface area contributed by atoms with Crippen LogP contribution in [0.4, 0.5) is 10.5 Å². The van der Waals surface area contributed by atoms with Gasteiger partial charge in [0, 0.05) is 44.6 Å². The van der Waals surface area contributed by atoms with Gasteiger partial charge in [0.15, 0.2) is 5.96 Å². The van der Waals surface area contributed by atoms with Gasteiger partial charge in [-0.2, -0.15) is 0 Å². The summed E-state index contributed by atoms with van der Waals surface area (Å²) in [6, 6.07) is 7.79. The first-order chi connectivity index (χ1) is 14.6. The van der Waals surface area contributed by atoms with E-state index in [4.69, 9.17) is 9.47 Å². The summed E-state index contributed by atoms with van der Waals surface area (Å²) < 4.78 is 10.8. The van der Waals surface area contributed by atoms with E-state index in [2.05, 4.69) is 39.9 Å². The molecule has 0 aromatic heterocycles. The number of benzene rings is 1. The van der Waals surface area contributed by atoms with E-state index in [1.807, 2.05) is 45.0 Å². The number of carbonyl (C=O) groups excluding carboxylic acids is 1. The van der Waals surface area contributed by atoms with Crippen LogP contribution in [0.1, 0.15) is 39.2 Å². The number of hydrogen-bond acceptors (Lipinski definition) is 5. The van der Waals surface area contributed by atoms with Gasteiger partial charge in [-0.15, -0.1) is 0 Å². The maximum atomic E-state index is 11.9. The number of likely N-dealkylation sites (N-methyl/N-ethyl adjacent to an activating group) is 1. The first kappa shape index (κ1) is 24.9. The lowest BCUT2D eigenvalue weighted by atomic mass is 9.88. The molecule has 8 nitrogen and oxygen atoms in total. The van der Waals surface area contributed by atoms with Crippen LogP contribution < -0.4 is 16.0 Å². The molecule has 1 fully saturated rings. The molecule has 8 heteroatoms. The standard InChI is InChI=1S/C23H39N5O3/c1-22(2,3)31-21(29)27-19-9-7-18(8-10-19)11-14-25-20(24-4)26-17-23(28(5)6)12-15-30-16-13-23/h7-10H,11-17H2,1-6H3,(H,27,29)(H2,24,25,26). The second-order valence-electron chi connectivity index (χ2n) is 9.16. The van der Waals surface area contributed by atoms with Gasteiger partial charge in [-0.1, -0.05) is 12.1 Å². The third kappa shape index (κ3) is 8.38. The van der Waals surface area contributed by atoms with E-state index in [0.29, 0.717) is 5.69 Å². The Morgan fingerprint density at radius 1 is 1.16 bits per heavy atom. The third-order valence-corrected chi connectivity index (χ3v) is 5.49. The molecule has 174 valence electrons. The Morgan fingerprint density at radius 3 is 2.35 bits per heavy atom. The molecule has 0 aliphatic carbocycles. The Bertz CT molecular complexity index is 720. The van der Waals surface area contributed by atoms with Crippen LogP contribution in [-0.4, -0.2) is 75.5 Å². The highest BCUT2D eigenvalue weighted by Crippen LogP contribution is 2.25. The van der Waals surface area contributed by atoms with E-state index in [1.165, 1.54) is 5.56 Å². The molecule has 31 heavy (non-hydrogen) atoms. The topological polar surface area (TPSA) is 87.2 Å². The van der Waals surface area contributed by atoms with Crippen LogP contribution in [0.25, 0.3) is 0 Å². The van der Waals surface area contributed by atoms with Crippen molar-refractivity contribution in [2.75, 3.05) is 52.8 Å². The lowest BCUT2D eigenvalue weighted by Crippen LogP contribution is -2.57. The monoisotopic (exact) mass is 433 g/mol. The number of hydrogen-bond donors (Lipinski definition) is 3. The Morgan fingerprint density at radius 2 is 1.81 bits per heavy atom. The van der Waals surface area contributed by atoms with E-state index in [9.17, 15) is 4.79 Å². The maximum Gasteiger partial charge on any atom is 0.412 e. The number of nitrogens with one attached hydrogen (secondary N) is 3. The first-order valence-electron chi connectivity index (χ1n) is 10.9. The number of aliphatic imine (C=N–C) groups is 1. The van der Waals surface area contributed by atoms with E-state index in [-0.39, 0.29) is 5.54 Å². The Labute approximate surface area is 186 Å². The molecule has 2 rings (SSSR count). The SMILES string of the molecule is CN=C(NCCc1ccc(NC(=O)OC(C)(C)C)cc1)NCC1(N(C)C)CCOCC1. The molecule has 0 atom stereocenters. The van der Waals surface area contributed by atoms with Gasteiger partial charge >= 0.3 is 6.09 Å². The number of ether oxygens (including phenoxy) is 2. The summed E-state index contributed by atoms with van der Waals surface area (Å²) in [6.07, 6.45) is 2.42. The van der Waals surface area contributed by atoms with Crippen molar-refractivity contribution in [3.8, 4) is 0 Å². The molecule has 0 unspecified atom stereocenters. The van der Waals surface area contributed by atoms with Crippen molar-refractivity contribution in [2.45, 2.75) is 51.2 Å². The minimum atomic E-state index is -0.515. The van der Waals surface area contributed by atoms with E-state index < -0.39 is 11.7 Å². The van der Waals surface area contributed by atoms with Crippen molar-refractivity contribution in [3.63, 3.8) is 0 Å². The fraction of sp³-hybridized carbons (Fsp3) is 0.652. The molecule has 1 aliphatic rings. The lowest BCUT2D eigenvalue weighted by molar-refractivity contribution is -0.00501. The van der Waals surface area contributed by atoms with Gasteiger partial charge in [0.1, 0.15) is 5.60 Å². The molecular formula is C23H39N5O3. The van der Waals surface area contributed by atoms with Crippen LogP contribution >= 0.6 is 0 Å². The average molecular weight is 434 g/mol. The molecule has 1 aliphatic heterocycles. The summed E-state index contributed by atoms with van der Waals surface area (Å²) in [5.74, 6) is 0.802. The van der Waals surface area contributed by atoms with Gasteiger partial charge in [0.2, 0.25) is 0 Å². The molecule has 1 amide bonds. The number of amides is 1. The highest BCUT2D eigenvalue weighted by atomic mass is 16.6. The molecule has 0 bridgehead atoms. The second-order valence-corrected chi connectivity index (χ2v) is 9.16. The molecule has 0 spiro atoms. The fourth-order valence-electron chi connectivity index (χ4n) is 3.50. The van der Waals surface area contributed by atoms with Crippen molar-refractivity contribution in [2.24, 2.45) is 4.99 Å². The number of nitrogens with zero attached hydrogens (tertiary/aromatic N) is 2. The van der Waals surface area contributed by atoms with Crippen LogP contribution in [0.3, 0.4) is 0 Å². The van der Waals surface area contributed by atoms with Crippen molar-refractivity contribution in [1.82, 2.24) is 15.5 Å². The van der Waals surface area contributed by atoms with Gasteiger partial charge < -0.3 is 25.0 Å². The maximum absolute atomic E-state index is 11.9. The van der Waals surface area contributed by atoms with Crippen LogP contribution in [0.15, 0.2) is 29.3 Å². The molecule has 1 aromatic carbocycles. The second kappa shape index (κ2) is 11.3. The summed E-state index contributed by atoms with van der Waals surface area (Å²) in [6.45, 7) is 8.71.